The van der Waals surface area contributed by atoms with Crippen molar-refractivity contribution in [2.24, 2.45) is 0 Å². The molecule has 1 aromatic rings. The number of carbonyl (C=O) groups is 1. The van der Waals surface area contributed by atoms with Gasteiger partial charge in [0.25, 0.3) is 6.01 Å². The average Bonchev–Trinajstić information content (AvgIpc) is 2.67. The van der Waals surface area contributed by atoms with Gasteiger partial charge in [-0.25, -0.2) is 4.98 Å². The quantitative estimate of drug-likeness (QED) is 0.759. The predicted octanol–water partition coefficient (Wildman–Crippen LogP) is 1.80. The number of piperidine rings is 1. The summed E-state index contributed by atoms with van der Waals surface area (Å²) in [5.74, 6) is 0.777. The molecule has 0 aliphatic carbocycles. The van der Waals surface area contributed by atoms with Gasteiger partial charge >= 0.3 is 0 Å². The largest absolute Gasteiger partial charge is 0.428 e. The minimum Gasteiger partial charge on any atom is -0.428 e. The molecule has 4 nitrogen and oxygen atoms in total. The molecule has 1 aliphatic heterocycles. The van der Waals surface area contributed by atoms with E-state index in [1.54, 1.807) is 13.1 Å². The summed E-state index contributed by atoms with van der Waals surface area (Å²) in [6.07, 6.45) is 5.69. The summed E-state index contributed by atoms with van der Waals surface area (Å²) in [6.45, 7) is 3.59. The summed E-state index contributed by atoms with van der Waals surface area (Å²) in [5, 5.41) is 0. The van der Waals surface area contributed by atoms with E-state index in [2.05, 4.69) is 9.88 Å². The summed E-state index contributed by atoms with van der Waals surface area (Å²) < 4.78 is 5.53. The fourth-order valence-electron chi connectivity index (χ4n) is 1.86. The molecule has 2 heterocycles. The van der Waals surface area contributed by atoms with Crippen molar-refractivity contribution >= 4 is 11.8 Å². The molecule has 0 bridgehead atoms. The lowest BCUT2D eigenvalue weighted by Gasteiger charge is -2.24. The Bertz CT molecular complexity index is 340. The zero-order valence-corrected chi connectivity index (χ0v) is 9.03. The first kappa shape index (κ1) is 10.2. The van der Waals surface area contributed by atoms with Gasteiger partial charge in [-0.2, -0.15) is 0 Å². The maximum absolute atomic E-state index is 10.9. The highest BCUT2D eigenvalue weighted by atomic mass is 16.4. The van der Waals surface area contributed by atoms with Crippen LogP contribution in [0, 0.1) is 0 Å². The van der Waals surface area contributed by atoms with Crippen molar-refractivity contribution in [3.8, 4) is 0 Å². The highest BCUT2D eigenvalue weighted by Gasteiger charge is 2.16. The molecule has 0 radical (unpaired) electrons. The second-order valence-electron chi connectivity index (χ2n) is 4.04. The molecule has 0 saturated carbocycles. The van der Waals surface area contributed by atoms with Crippen LogP contribution in [0.1, 0.15) is 31.9 Å². The van der Waals surface area contributed by atoms with Crippen LogP contribution in [0.3, 0.4) is 0 Å². The van der Waals surface area contributed by atoms with E-state index in [0.717, 1.165) is 13.1 Å². The minimum atomic E-state index is 0.108. The lowest BCUT2D eigenvalue weighted by atomic mass is 10.1. The normalized spacial score (nSPS) is 16.7. The van der Waals surface area contributed by atoms with Gasteiger partial charge in [-0.1, -0.05) is 0 Å². The third kappa shape index (κ3) is 2.58. The van der Waals surface area contributed by atoms with Crippen LogP contribution in [-0.2, 0) is 11.2 Å². The van der Waals surface area contributed by atoms with E-state index < -0.39 is 0 Å². The number of rotatable bonds is 3. The van der Waals surface area contributed by atoms with Gasteiger partial charge in [0.05, 0.1) is 12.6 Å². The minimum absolute atomic E-state index is 0.108. The van der Waals surface area contributed by atoms with Gasteiger partial charge < -0.3 is 9.32 Å². The standard InChI is InChI=1S/C11H16N2O2/c1-9(14)7-10-8-12-11(15-10)13-5-3-2-4-6-13/h8H,2-7H2,1H3. The van der Waals surface area contributed by atoms with Crippen molar-refractivity contribution < 1.29 is 9.21 Å². The number of anilines is 1. The Labute approximate surface area is 89.3 Å². The van der Waals surface area contributed by atoms with Gasteiger partial charge in [0.2, 0.25) is 0 Å². The molecule has 0 spiro atoms. The van der Waals surface area contributed by atoms with Gasteiger partial charge in [0.1, 0.15) is 11.5 Å². The van der Waals surface area contributed by atoms with Crippen LogP contribution in [0.15, 0.2) is 10.6 Å². The maximum Gasteiger partial charge on any atom is 0.297 e. The number of ketones is 1. The Morgan fingerprint density at radius 2 is 2.20 bits per heavy atom. The van der Waals surface area contributed by atoms with Crippen molar-refractivity contribution in [1.82, 2.24) is 4.98 Å². The molecule has 15 heavy (non-hydrogen) atoms. The van der Waals surface area contributed by atoms with Gasteiger partial charge in [-0.05, 0) is 26.2 Å². The first-order valence-electron chi connectivity index (χ1n) is 5.45. The van der Waals surface area contributed by atoms with E-state index in [-0.39, 0.29) is 5.78 Å². The van der Waals surface area contributed by atoms with Crippen molar-refractivity contribution in [1.29, 1.82) is 0 Å². The Balaban J connectivity index is 2.02. The zero-order valence-electron chi connectivity index (χ0n) is 9.03. The number of aromatic nitrogens is 1. The highest BCUT2D eigenvalue weighted by molar-refractivity contribution is 5.77. The number of oxazole rings is 1. The van der Waals surface area contributed by atoms with Crippen LogP contribution in [0.2, 0.25) is 0 Å². The van der Waals surface area contributed by atoms with E-state index in [9.17, 15) is 4.79 Å². The topological polar surface area (TPSA) is 46.3 Å². The van der Waals surface area contributed by atoms with E-state index in [0.29, 0.717) is 18.2 Å². The fourth-order valence-corrected chi connectivity index (χ4v) is 1.86. The lowest BCUT2D eigenvalue weighted by Crippen LogP contribution is -2.29. The molecule has 1 aliphatic rings. The molecular weight excluding hydrogens is 192 g/mol. The van der Waals surface area contributed by atoms with Crippen LogP contribution in [0.4, 0.5) is 6.01 Å². The summed E-state index contributed by atoms with van der Waals surface area (Å²) >= 11 is 0. The lowest BCUT2D eigenvalue weighted by molar-refractivity contribution is -0.116. The van der Waals surface area contributed by atoms with E-state index in [1.807, 2.05) is 0 Å². The summed E-state index contributed by atoms with van der Waals surface area (Å²) in [5.41, 5.74) is 0. The van der Waals surface area contributed by atoms with Gasteiger partial charge in [0.15, 0.2) is 0 Å². The second-order valence-corrected chi connectivity index (χ2v) is 4.04. The Morgan fingerprint density at radius 3 is 2.87 bits per heavy atom. The second kappa shape index (κ2) is 4.47. The number of hydrogen-bond donors (Lipinski definition) is 0. The molecule has 1 saturated heterocycles. The third-order valence-corrected chi connectivity index (χ3v) is 2.59. The third-order valence-electron chi connectivity index (χ3n) is 2.59. The Kier molecular flexibility index (Phi) is 3.04. The summed E-state index contributed by atoms with van der Waals surface area (Å²) in [7, 11) is 0. The molecule has 0 atom stereocenters. The molecular formula is C11H16N2O2. The molecule has 0 amide bonds. The predicted molar refractivity (Wildman–Crippen MR) is 57.0 cm³/mol. The average molecular weight is 208 g/mol. The van der Waals surface area contributed by atoms with E-state index in [4.69, 9.17) is 4.42 Å². The SMILES string of the molecule is CC(=O)Cc1cnc(N2CCCCC2)o1. The van der Waals surface area contributed by atoms with Crippen molar-refractivity contribution in [2.75, 3.05) is 18.0 Å². The smallest absolute Gasteiger partial charge is 0.297 e. The van der Waals surface area contributed by atoms with E-state index >= 15 is 0 Å². The zero-order chi connectivity index (χ0) is 10.7. The molecule has 4 heteroatoms. The van der Waals surface area contributed by atoms with E-state index in [1.165, 1.54) is 19.3 Å². The molecule has 0 aromatic carbocycles. The highest BCUT2D eigenvalue weighted by Crippen LogP contribution is 2.19. The molecule has 2 rings (SSSR count). The molecule has 1 aromatic heterocycles. The van der Waals surface area contributed by atoms with Crippen LogP contribution in [-0.4, -0.2) is 23.9 Å². The monoisotopic (exact) mass is 208 g/mol. The maximum atomic E-state index is 10.9. The van der Waals surface area contributed by atoms with Crippen LogP contribution in [0.25, 0.3) is 0 Å². The Morgan fingerprint density at radius 1 is 1.47 bits per heavy atom. The van der Waals surface area contributed by atoms with Crippen molar-refractivity contribution in [3.05, 3.63) is 12.0 Å². The van der Waals surface area contributed by atoms with Crippen molar-refractivity contribution in [3.63, 3.8) is 0 Å². The van der Waals surface area contributed by atoms with Crippen LogP contribution < -0.4 is 4.90 Å². The number of hydrogen-bond acceptors (Lipinski definition) is 4. The van der Waals surface area contributed by atoms with Gasteiger partial charge in [0, 0.05) is 13.1 Å². The fraction of sp³-hybridized carbons (Fsp3) is 0.636. The molecule has 1 fully saturated rings. The first-order valence-corrected chi connectivity index (χ1v) is 5.45. The summed E-state index contributed by atoms with van der Waals surface area (Å²) in [6, 6.07) is 0.672. The van der Waals surface area contributed by atoms with Gasteiger partial charge in [-0.3, -0.25) is 4.79 Å². The number of Topliss-reactive ketones (excluding diaryl/α,β-unsaturated/α-hetero) is 1. The molecule has 0 unspecified atom stereocenters. The summed E-state index contributed by atoms with van der Waals surface area (Å²) in [4.78, 5) is 17.2. The van der Waals surface area contributed by atoms with Crippen molar-refractivity contribution in [2.45, 2.75) is 32.6 Å². The Hall–Kier alpha value is -1.32. The van der Waals surface area contributed by atoms with Gasteiger partial charge in [-0.15, -0.1) is 0 Å². The molecule has 82 valence electrons. The molecule has 0 N–H and O–H groups in total. The first-order chi connectivity index (χ1) is 7.25. The number of carbonyl (C=O) groups excluding carboxylic acids is 1. The van der Waals surface area contributed by atoms with Crippen LogP contribution in [0.5, 0.6) is 0 Å². The van der Waals surface area contributed by atoms with Crippen LogP contribution >= 0.6 is 0 Å². The number of nitrogens with zero attached hydrogens (tertiary/aromatic N) is 2.